The fraction of sp³-hybridized carbons (Fsp3) is 0.818. The zero-order valence-electron chi connectivity index (χ0n) is 18.2. The molecule has 6 nitrogen and oxygen atoms in total. The molecule has 2 aliphatic heterocycles. The van der Waals surface area contributed by atoms with Crippen molar-refractivity contribution in [3.05, 3.63) is 12.3 Å². The molecule has 1 aliphatic carbocycles. The summed E-state index contributed by atoms with van der Waals surface area (Å²) in [6.07, 6.45) is 5.52. The monoisotopic (exact) mass is 391 g/mol. The third-order valence-electron chi connectivity index (χ3n) is 6.25. The van der Waals surface area contributed by atoms with Crippen LogP contribution >= 0.6 is 0 Å². The van der Waals surface area contributed by atoms with E-state index in [2.05, 4.69) is 25.7 Å². The number of hydrogen-bond acceptors (Lipinski definition) is 5. The van der Waals surface area contributed by atoms with Gasteiger partial charge in [0.1, 0.15) is 5.60 Å². The third kappa shape index (κ3) is 4.81. The van der Waals surface area contributed by atoms with Crippen LogP contribution in [0.2, 0.25) is 0 Å². The fourth-order valence-corrected chi connectivity index (χ4v) is 3.81. The van der Waals surface area contributed by atoms with Crippen LogP contribution in [0.3, 0.4) is 0 Å². The lowest BCUT2D eigenvalue weighted by atomic mass is 9.82. The van der Waals surface area contributed by atoms with E-state index in [1.807, 2.05) is 25.7 Å². The molecule has 0 spiro atoms. The molecule has 1 atom stereocenters. The summed E-state index contributed by atoms with van der Waals surface area (Å²) in [6, 6.07) is 0.207. The largest absolute Gasteiger partial charge is 0.495 e. The van der Waals surface area contributed by atoms with Crippen LogP contribution in [-0.4, -0.2) is 54.2 Å². The molecule has 28 heavy (non-hydrogen) atoms. The lowest BCUT2D eigenvalue weighted by Gasteiger charge is -2.38. The van der Waals surface area contributed by atoms with Gasteiger partial charge in [-0.3, -0.25) is 4.99 Å². The van der Waals surface area contributed by atoms with Crippen molar-refractivity contribution in [2.24, 2.45) is 16.3 Å². The molecule has 1 N–H and O–H groups in total. The minimum Gasteiger partial charge on any atom is -0.495 e. The van der Waals surface area contributed by atoms with Crippen molar-refractivity contribution in [3.8, 4) is 0 Å². The molecule has 1 saturated heterocycles. The van der Waals surface area contributed by atoms with Gasteiger partial charge in [0.2, 0.25) is 0 Å². The molecule has 0 aromatic rings. The molecule has 0 aromatic carbocycles. The van der Waals surface area contributed by atoms with Crippen LogP contribution in [0.15, 0.2) is 17.3 Å². The second-order valence-electron chi connectivity index (χ2n) is 9.98. The van der Waals surface area contributed by atoms with Gasteiger partial charge in [-0.2, -0.15) is 0 Å². The summed E-state index contributed by atoms with van der Waals surface area (Å²) in [7, 11) is 0. The Balaban J connectivity index is 1.48. The molecule has 0 radical (unpaired) electrons. The van der Waals surface area contributed by atoms with Gasteiger partial charge in [0, 0.05) is 24.4 Å². The van der Waals surface area contributed by atoms with Crippen LogP contribution < -0.4 is 5.32 Å². The summed E-state index contributed by atoms with van der Waals surface area (Å²) in [4.78, 5) is 18.9. The van der Waals surface area contributed by atoms with Gasteiger partial charge in [-0.1, -0.05) is 20.4 Å². The second-order valence-corrected chi connectivity index (χ2v) is 9.98. The topological polar surface area (TPSA) is 63.2 Å². The average Bonchev–Trinajstić information content (AvgIpc) is 3.07. The van der Waals surface area contributed by atoms with Gasteiger partial charge in [-0.05, 0) is 52.9 Å². The SMILES string of the molecule is C=C(OC1CCC1)C(C)(C)C1CN=C(C2CCN(C(=O)OC(C)(C)C)CC2)N1. The van der Waals surface area contributed by atoms with E-state index in [9.17, 15) is 4.79 Å². The first-order valence-corrected chi connectivity index (χ1v) is 10.7. The van der Waals surface area contributed by atoms with E-state index in [1.54, 1.807) is 0 Å². The zero-order valence-corrected chi connectivity index (χ0v) is 18.2. The number of ether oxygens (including phenoxy) is 2. The number of nitrogens with zero attached hydrogens (tertiary/aromatic N) is 2. The summed E-state index contributed by atoms with van der Waals surface area (Å²) in [5, 5.41) is 3.65. The standard InChI is InChI=1S/C22H37N3O3/c1-15(27-17-8-7-9-17)22(5,6)18-14-23-19(24-18)16-10-12-25(13-11-16)20(26)28-21(2,3)4/h16-18H,1,7-14H2,2-6H3,(H,23,24). The average molecular weight is 392 g/mol. The Morgan fingerprint density at radius 2 is 1.79 bits per heavy atom. The Morgan fingerprint density at radius 1 is 1.14 bits per heavy atom. The maximum atomic E-state index is 12.3. The van der Waals surface area contributed by atoms with Crippen LogP contribution in [0.4, 0.5) is 4.79 Å². The number of aliphatic imine (C=N–C) groups is 1. The number of piperidine rings is 1. The molecule has 6 heteroatoms. The molecule has 3 aliphatic rings. The van der Waals surface area contributed by atoms with Gasteiger partial charge in [-0.15, -0.1) is 0 Å². The second kappa shape index (κ2) is 7.96. The van der Waals surface area contributed by atoms with Gasteiger partial charge < -0.3 is 19.7 Å². The predicted octanol–water partition coefficient (Wildman–Crippen LogP) is 4.11. The molecule has 0 bridgehead atoms. The Bertz CT molecular complexity index is 623. The predicted molar refractivity (Wildman–Crippen MR) is 111 cm³/mol. The maximum Gasteiger partial charge on any atom is 0.410 e. The minimum absolute atomic E-state index is 0.169. The van der Waals surface area contributed by atoms with Crippen LogP contribution in [0.1, 0.15) is 66.7 Å². The summed E-state index contributed by atoms with van der Waals surface area (Å²) in [5.74, 6) is 2.32. The maximum absolute atomic E-state index is 12.3. The van der Waals surface area contributed by atoms with E-state index < -0.39 is 5.60 Å². The Morgan fingerprint density at radius 3 is 2.32 bits per heavy atom. The number of carbonyl (C=O) groups excluding carboxylic acids is 1. The Labute approximate surface area is 169 Å². The number of hydrogen-bond donors (Lipinski definition) is 1. The number of nitrogens with one attached hydrogen (secondary N) is 1. The number of amides is 1. The molecule has 2 fully saturated rings. The Kier molecular flexibility index (Phi) is 5.97. The normalized spacial score (nSPS) is 24.2. The minimum atomic E-state index is -0.451. The smallest absolute Gasteiger partial charge is 0.410 e. The number of amidine groups is 1. The first-order valence-electron chi connectivity index (χ1n) is 10.7. The van der Waals surface area contributed by atoms with E-state index in [0.29, 0.717) is 25.1 Å². The molecular formula is C22H37N3O3. The third-order valence-corrected chi connectivity index (χ3v) is 6.25. The van der Waals surface area contributed by atoms with Crippen molar-refractivity contribution in [2.45, 2.75) is 84.5 Å². The van der Waals surface area contributed by atoms with Gasteiger partial charge in [0.05, 0.1) is 30.3 Å². The van der Waals surface area contributed by atoms with E-state index >= 15 is 0 Å². The first kappa shape index (κ1) is 21.0. The molecular weight excluding hydrogens is 354 g/mol. The summed E-state index contributed by atoms with van der Waals surface area (Å²) >= 11 is 0. The van der Waals surface area contributed by atoms with Crippen molar-refractivity contribution < 1.29 is 14.3 Å². The van der Waals surface area contributed by atoms with E-state index in [1.165, 1.54) is 6.42 Å². The Hall–Kier alpha value is -1.72. The lowest BCUT2D eigenvalue weighted by Crippen LogP contribution is -2.48. The van der Waals surface area contributed by atoms with Crippen molar-refractivity contribution in [1.82, 2.24) is 10.2 Å². The van der Waals surface area contributed by atoms with Gasteiger partial charge >= 0.3 is 6.09 Å². The highest BCUT2D eigenvalue weighted by molar-refractivity contribution is 5.87. The zero-order chi connectivity index (χ0) is 20.5. The highest BCUT2D eigenvalue weighted by atomic mass is 16.6. The molecule has 1 saturated carbocycles. The van der Waals surface area contributed by atoms with E-state index in [-0.39, 0.29) is 17.6 Å². The molecule has 158 valence electrons. The highest BCUT2D eigenvalue weighted by Crippen LogP contribution is 2.36. The quantitative estimate of drug-likeness (QED) is 0.716. The van der Waals surface area contributed by atoms with Crippen LogP contribution in [0, 0.1) is 11.3 Å². The first-order chi connectivity index (χ1) is 13.1. The molecule has 0 aromatic heterocycles. The fourth-order valence-electron chi connectivity index (χ4n) is 3.81. The van der Waals surface area contributed by atoms with Gasteiger partial charge in [0.15, 0.2) is 0 Å². The van der Waals surface area contributed by atoms with Crippen LogP contribution in [0.25, 0.3) is 0 Å². The van der Waals surface area contributed by atoms with Gasteiger partial charge in [0.25, 0.3) is 0 Å². The highest BCUT2D eigenvalue weighted by Gasteiger charge is 2.40. The van der Waals surface area contributed by atoms with Gasteiger partial charge in [-0.25, -0.2) is 4.79 Å². The summed E-state index contributed by atoms with van der Waals surface area (Å²) in [5.41, 5.74) is -0.619. The van der Waals surface area contributed by atoms with Crippen LogP contribution in [0.5, 0.6) is 0 Å². The summed E-state index contributed by atoms with van der Waals surface area (Å²) < 4.78 is 11.6. The van der Waals surface area contributed by atoms with Crippen LogP contribution in [-0.2, 0) is 9.47 Å². The molecule has 1 amide bonds. The number of carbonyl (C=O) groups is 1. The molecule has 2 heterocycles. The number of likely N-dealkylation sites (tertiary alicyclic amines) is 1. The van der Waals surface area contributed by atoms with Crippen molar-refractivity contribution >= 4 is 11.9 Å². The van der Waals surface area contributed by atoms with E-state index in [0.717, 1.165) is 43.8 Å². The lowest BCUT2D eigenvalue weighted by molar-refractivity contribution is 0.0159. The van der Waals surface area contributed by atoms with E-state index in [4.69, 9.17) is 14.5 Å². The van der Waals surface area contributed by atoms with Crippen molar-refractivity contribution in [1.29, 1.82) is 0 Å². The summed E-state index contributed by atoms with van der Waals surface area (Å²) in [6.45, 7) is 16.5. The molecule has 3 rings (SSSR count). The molecule has 1 unspecified atom stereocenters. The van der Waals surface area contributed by atoms with Crippen molar-refractivity contribution in [3.63, 3.8) is 0 Å². The van der Waals surface area contributed by atoms with Crippen molar-refractivity contribution in [2.75, 3.05) is 19.6 Å². The number of rotatable bonds is 5.